The van der Waals surface area contributed by atoms with E-state index in [1.54, 1.807) is 24.3 Å². The van der Waals surface area contributed by atoms with Crippen molar-refractivity contribution >= 4 is 10.0 Å². The van der Waals surface area contributed by atoms with Gasteiger partial charge in [0.05, 0.1) is 6.27 Å². The highest BCUT2D eigenvalue weighted by atomic mass is 32.2. The first-order valence-corrected chi connectivity index (χ1v) is 7.54. The average molecular weight is 268 g/mol. The zero-order chi connectivity index (χ0) is 14.5. The molecule has 0 N–H and O–H groups in total. The highest BCUT2D eigenvalue weighted by Gasteiger charge is 2.17. The molecule has 4 heteroatoms. The lowest BCUT2D eigenvalue weighted by Crippen LogP contribution is -2.21. The third-order valence-electron chi connectivity index (χ3n) is 2.65. The predicted octanol–water partition coefficient (Wildman–Crippen LogP) is 3.32. The molecule has 0 heterocycles. The number of rotatable bonds is 6. The zero-order valence-corrected chi connectivity index (χ0v) is 12.0. The van der Waals surface area contributed by atoms with E-state index in [1.165, 1.54) is 13.2 Å². The van der Waals surface area contributed by atoms with Crippen LogP contribution in [0.4, 0.5) is 0 Å². The van der Waals surface area contributed by atoms with Gasteiger partial charge in [-0.3, -0.25) is 4.31 Å². The number of sulfonamides is 1. The molecule has 0 unspecified atom stereocenters. The monoisotopic (exact) mass is 268 g/mol. The molecular formula is C14H21NO2S. The number of hydrogen-bond acceptors (Lipinski definition) is 2. The predicted molar refractivity (Wildman–Crippen MR) is 74.8 cm³/mol. The van der Waals surface area contributed by atoms with Gasteiger partial charge in [0.15, 0.2) is 0 Å². The van der Waals surface area contributed by atoms with Crippen molar-refractivity contribution in [3.05, 3.63) is 42.1 Å². The maximum absolute atomic E-state index is 12.3. The van der Waals surface area contributed by atoms with Gasteiger partial charge in [0, 0.05) is 13.2 Å². The molecule has 0 aliphatic rings. The molecule has 18 heavy (non-hydrogen) atoms. The minimum absolute atomic E-state index is 0.250. The van der Waals surface area contributed by atoms with E-state index in [0.717, 1.165) is 22.7 Å². The van der Waals surface area contributed by atoms with E-state index in [2.05, 4.69) is 0 Å². The Morgan fingerprint density at radius 3 is 2.50 bits per heavy atom. The lowest BCUT2D eigenvalue weighted by molar-refractivity contribution is 0.538. The normalized spacial score (nSPS) is 13.3. The van der Waals surface area contributed by atoms with Gasteiger partial charge < -0.3 is 0 Å². The number of aryl methyl sites for hydroxylation is 1. The Kier molecular flexibility index (Phi) is 4.81. The molecule has 0 spiro atoms. The van der Waals surface area contributed by atoms with Crippen LogP contribution in [0.2, 0.25) is 0 Å². The first-order chi connectivity index (χ1) is 8.87. The Morgan fingerprint density at radius 2 is 1.94 bits per heavy atom. The Morgan fingerprint density at radius 1 is 1.33 bits per heavy atom. The quantitative estimate of drug-likeness (QED) is 0.793. The van der Waals surface area contributed by atoms with Gasteiger partial charge in [-0.05, 0) is 25.5 Å². The lowest BCUT2D eigenvalue weighted by atomic mass is 10.2. The number of allylic oxidation sites excluding steroid dienone is 1. The average Bonchev–Trinajstić information content (AvgIpc) is 2.36. The molecule has 0 aromatic heterocycles. The van der Waals surface area contributed by atoms with Crippen molar-refractivity contribution in [2.75, 3.05) is 7.05 Å². The van der Waals surface area contributed by atoms with Crippen LogP contribution in [0.5, 0.6) is 0 Å². The van der Waals surface area contributed by atoms with Crippen molar-refractivity contribution in [2.45, 2.75) is 38.0 Å². The molecule has 1 aromatic rings. The van der Waals surface area contributed by atoms with Crippen LogP contribution in [0.15, 0.2) is 41.4 Å². The number of benzene rings is 1. The van der Waals surface area contributed by atoms with Crippen molar-refractivity contribution in [3.8, 4) is 0 Å². The number of unbranched alkanes of at least 4 members (excludes halogenated alkanes) is 1. The van der Waals surface area contributed by atoms with Crippen LogP contribution >= 0.6 is 0 Å². The minimum Gasteiger partial charge on any atom is -0.277 e. The molecule has 0 aliphatic heterocycles. The highest BCUT2D eigenvalue weighted by Crippen LogP contribution is 2.15. The highest BCUT2D eigenvalue weighted by molar-refractivity contribution is 7.89. The summed E-state index contributed by atoms with van der Waals surface area (Å²) in [5.74, 6) is 0. The summed E-state index contributed by atoms with van der Waals surface area (Å²) in [6.07, 6.45) is 3.87. The molecule has 0 aliphatic carbocycles. The zero-order valence-electron chi connectivity index (χ0n) is 12.2. The third-order valence-corrected chi connectivity index (χ3v) is 4.38. The Bertz CT molecular complexity index is 535. The molecular weight excluding hydrogens is 246 g/mol. The van der Waals surface area contributed by atoms with Crippen LogP contribution in [0, 0.1) is 6.92 Å². The summed E-state index contributed by atoms with van der Waals surface area (Å²) in [6, 6.07) is 7.04. The Balaban J connectivity index is 2.91. The van der Waals surface area contributed by atoms with Crippen LogP contribution in [0.3, 0.4) is 0 Å². The maximum atomic E-state index is 12.3. The van der Waals surface area contributed by atoms with Crippen LogP contribution < -0.4 is 0 Å². The van der Waals surface area contributed by atoms with E-state index in [0.29, 0.717) is 12.5 Å². The molecule has 0 bridgehead atoms. The molecule has 1 aromatic carbocycles. The molecule has 100 valence electrons. The van der Waals surface area contributed by atoms with Crippen molar-refractivity contribution in [2.24, 2.45) is 0 Å². The van der Waals surface area contributed by atoms with Crippen molar-refractivity contribution in [1.29, 1.82) is 0 Å². The molecule has 3 nitrogen and oxygen atoms in total. The lowest BCUT2D eigenvalue weighted by Gasteiger charge is -2.14. The molecule has 0 amide bonds. The first-order valence-electron chi connectivity index (χ1n) is 6.60. The summed E-state index contributed by atoms with van der Waals surface area (Å²) in [4.78, 5) is 0.250. The fraction of sp³-hybridized carbons (Fsp3) is 0.429. The van der Waals surface area contributed by atoms with Gasteiger partial charge in [-0.15, -0.1) is 0 Å². The summed E-state index contributed by atoms with van der Waals surface area (Å²) >= 11 is 0. The topological polar surface area (TPSA) is 37.4 Å². The van der Waals surface area contributed by atoms with Gasteiger partial charge in [-0.25, -0.2) is 8.42 Å². The molecule has 0 saturated heterocycles. The van der Waals surface area contributed by atoms with Crippen LogP contribution in [-0.2, 0) is 10.0 Å². The van der Waals surface area contributed by atoms with Crippen LogP contribution in [0.1, 0.15) is 33.1 Å². The molecule has 0 fully saturated rings. The summed E-state index contributed by atoms with van der Waals surface area (Å²) in [7, 11) is -2.07. The smallest absolute Gasteiger partial charge is 0.263 e. The second-order valence-electron chi connectivity index (χ2n) is 4.27. The van der Waals surface area contributed by atoms with E-state index >= 15 is 0 Å². The molecule has 1 rings (SSSR count). The SMILES string of the molecule is [2H]/C(=C/N(C)S(=O)(=O)c1ccc(C)cc1)CCCC. The minimum atomic E-state index is -3.54. The second kappa shape index (κ2) is 6.59. The fourth-order valence-corrected chi connectivity index (χ4v) is 2.44. The number of nitrogens with zero attached hydrogens (tertiary/aromatic N) is 1. The maximum Gasteiger partial charge on any atom is 0.263 e. The summed E-state index contributed by atoms with van der Waals surface area (Å²) in [6.45, 7) is 3.95. The number of hydrogen-bond donors (Lipinski definition) is 0. The van der Waals surface area contributed by atoms with Crippen LogP contribution in [-0.4, -0.2) is 19.8 Å². The Hall–Kier alpha value is -1.29. The summed E-state index contributed by atoms with van der Waals surface area (Å²) in [5, 5.41) is 0. The third kappa shape index (κ3) is 3.88. The van der Waals surface area contributed by atoms with E-state index in [9.17, 15) is 8.42 Å². The van der Waals surface area contributed by atoms with Gasteiger partial charge >= 0.3 is 0 Å². The van der Waals surface area contributed by atoms with Crippen molar-refractivity contribution in [1.82, 2.24) is 4.31 Å². The summed E-state index contributed by atoms with van der Waals surface area (Å²) in [5.41, 5.74) is 1.02. The van der Waals surface area contributed by atoms with E-state index in [1.807, 2.05) is 13.8 Å². The first kappa shape index (κ1) is 13.1. The van der Waals surface area contributed by atoms with Gasteiger partial charge in [-0.1, -0.05) is 43.5 Å². The van der Waals surface area contributed by atoms with Gasteiger partial charge in [0.25, 0.3) is 10.0 Å². The van der Waals surface area contributed by atoms with Gasteiger partial charge in [-0.2, -0.15) is 0 Å². The summed E-state index contributed by atoms with van der Waals surface area (Å²) < 4.78 is 33.4. The van der Waals surface area contributed by atoms with E-state index in [4.69, 9.17) is 1.37 Å². The largest absolute Gasteiger partial charge is 0.277 e. The Labute approximate surface area is 112 Å². The van der Waals surface area contributed by atoms with E-state index < -0.39 is 10.0 Å². The second-order valence-corrected chi connectivity index (χ2v) is 6.27. The van der Waals surface area contributed by atoms with Gasteiger partial charge in [0.1, 0.15) is 0 Å². The molecule has 0 saturated carbocycles. The molecule has 0 atom stereocenters. The van der Waals surface area contributed by atoms with E-state index in [-0.39, 0.29) is 4.90 Å². The van der Waals surface area contributed by atoms with Gasteiger partial charge in [0.2, 0.25) is 0 Å². The van der Waals surface area contributed by atoms with Crippen LogP contribution in [0.25, 0.3) is 0 Å². The van der Waals surface area contributed by atoms with Crippen molar-refractivity contribution in [3.63, 3.8) is 0 Å². The standard InChI is InChI=1S/C14H21NO2S/c1-4-5-6-7-12-15(3)18(16,17)14-10-8-13(2)9-11-14/h7-12H,4-6H2,1-3H3/b12-7-/i7D. The molecule has 0 radical (unpaired) electrons. The van der Waals surface area contributed by atoms with Crippen molar-refractivity contribution < 1.29 is 9.79 Å². The fourth-order valence-electron chi connectivity index (χ4n) is 1.42.